The molecular formula is C17H16ClN3O2S. The van der Waals surface area contributed by atoms with Crippen LogP contribution in [-0.4, -0.2) is 30.5 Å². The Morgan fingerprint density at radius 1 is 1.38 bits per heavy atom. The van der Waals surface area contributed by atoms with Crippen LogP contribution in [0.4, 0.5) is 5.13 Å². The molecule has 1 aliphatic heterocycles. The number of nitrogens with zero attached hydrogens (tertiary/aromatic N) is 3. The van der Waals surface area contributed by atoms with Crippen molar-refractivity contribution >= 4 is 33.9 Å². The summed E-state index contributed by atoms with van der Waals surface area (Å²) >= 11 is 7.44. The van der Waals surface area contributed by atoms with Crippen molar-refractivity contribution in [3.63, 3.8) is 0 Å². The van der Waals surface area contributed by atoms with Crippen LogP contribution in [0.2, 0.25) is 5.02 Å². The molecule has 124 valence electrons. The number of thiazole rings is 1. The molecule has 2 aromatic rings. The summed E-state index contributed by atoms with van der Waals surface area (Å²) in [6.45, 7) is 1.89. The minimum absolute atomic E-state index is 0.104. The maximum absolute atomic E-state index is 12.3. The van der Waals surface area contributed by atoms with Gasteiger partial charge in [0.2, 0.25) is 5.78 Å². The van der Waals surface area contributed by atoms with Crippen LogP contribution in [0, 0.1) is 11.3 Å². The fourth-order valence-corrected chi connectivity index (χ4v) is 3.65. The standard InChI is InChI=1S/C17H16ClN3O2S/c18-13-8-12(9-19)4-5-15(13)23-11-14(22)16-10-20-17(24-16)21-6-2-1-3-7-21/h4-5,8,10H,1-3,6-7,11H2. The van der Waals surface area contributed by atoms with E-state index in [4.69, 9.17) is 21.6 Å². The topological polar surface area (TPSA) is 66.2 Å². The summed E-state index contributed by atoms with van der Waals surface area (Å²) in [6, 6.07) is 6.72. The highest BCUT2D eigenvalue weighted by atomic mass is 35.5. The van der Waals surface area contributed by atoms with Crippen molar-refractivity contribution < 1.29 is 9.53 Å². The fourth-order valence-electron chi connectivity index (χ4n) is 2.53. The SMILES string of the molecule is N#Cc1ccc(OCC(=O)c2cnc(N3CCCCC3)s2)c(Cl)c1. The number of ketones is 1. The molecule has 5 nitrogen and oxygen atoms in total. The molecule has 0 spiro atoms. The van der Waals surface area contributed by atoms with E-state index in [1.54, 1.807) is 18.3 Å². The Labute approximate surface area is 149 Å². The quantitative estimate of drug-likeness (QED) is 0.755. The molecule has 0 bridgehead atoms. The number of hydrogen-bond acceptors (Lipinski definition) is 6. The average Bonchev–Trinajstić information content (AvgIpc) is 3.11. The lowest BCUT2D eigenvalue weighted by Crippen LogP contribution is -2.29. The third kappa shape index (κ3) is 3.86. The number of rotatable bonds is 5. The van der Waals surface area contributed by atoms with E-state index in [0.717, 1.165) is 18.2 Å². The van der Waals surface area contributed by atoms with Gasteiger partial charge >= 0.3 is 0 Å². The highest BCUT2D eigenvalue weighted by molar-refractivity contribution is 7.17. The van der Waals surface area contributed by atoms with Gasteiger partial charge in [-0.2, -0.15) is 5.26 Å². The van der Waals surface area contributed by atoms with Crippen molar-refractivity contribution in [2.45, 2.75) is 19.3 Å². The van der Waals surface area contributed by atoms with Crippen molar-refractivity contribution in [3.05, 3.63) is 39.9 Å². The van der Waals surface area contributed by atoms with Crippen molar-refractivity contribution in [2.75, 3.05) is 24.6 Å². The smallest absolute Gasteiger partial charge is 0.211 e. The summed E-state index contributed by atoms with van der Waals surface area (Å²) in [4.78, 5) is 19.5. The molecule has 1 saturated heterocycles. The van der Waals surface area contributed by atoms with Gasteiger partial charge in [0.25, 0.3) is 0 Å². The third-order valence-electron chi connectivity index (χ3n) is 3.81. The second kappa shape index (κ2) is 7.65. The number of anilines is 1. The van der Waals surface area contributed by atoms with Gasteiger partial charge in [-0.05, 0) is 37.5 Å². The van der Waals surface area contributed by atoms with Gasteiger partial charge in [-0.15, -0.1) is 0 Å². The number of ether oxygens (including phenoxy) is 1. The highest BCUT2D eigenvalue weighted by Crippen LogP contribution is 2.27. The lowest BCUT2D eigenvalue weighted by molar-refractivity contribution is 0.0925. The van der Waals surface area contributed by atoms with Crippen molar-refractivity contribution in [1.29, 1.82) is 5.26 Å². The third-order valence-corrected chi connectivity index (χ3v) is 5.21. The number of Topliss-reactive ketones (excluding diaryl/α,β-unsaturated/α-hetero) is 1. The molecule has 0 atom stereocenters. The first-order chi connectivity index (χ1) is 11.7. The summed E-state index contributed by atoms with van der Waals surface area (Å²) in [5.41, 5.74) is 0.451. The minimum atomic E-state index is -0.129. The van der Waals surface area contributed by atoms with Gasteiger partial charge in [-0.3, -0.25) is 4.79 Å². The van der Waals surface area contributed by atoms with Crippen LogP contribution in [-0.2, 0) is 0 Å². The largest absolute Gasteiger partial charge is 0.484 e. The monoisotopic (exact) mass is 361 g/mol. The predicted octanol–water partition coefficient (Wildman–Crippen LogP) is 3.92. The molecular weight excluding hydrogens is 346 g/mol. The maximum atomic E-state index is 12.3. The van der Waals surface area contributed by atoms with E-state index in [0.29, 0.717) is 21.2 Å². The lowest BCUT2D eigenvalue weighted by Gasteiger charge is -2.25. The molecule has 0 unspecified atom stereocenters. The molecule has 24 heavy (non-hydrogen) atoms. The Morgan fingerprint density at radius 2 is 2.17 bits per heavy atom. The van der Waals surface area contributed by atoms with Crippen LogP contribution in [0.5, 0.6) is 5.75 Å². The Hall–Kier alpha value is -2.10. The molecule has 1 fully saturated rings. The first kappa shape index (κ1) is 16.7. The van der Waals surface area contributed by atoms with E-state index < -0.39 is 0 Å². The van der Waals surface area contributed by atoms with Crippen LogP contribution in [0.15, 0.2) is 24.4 Å². The van der Waals surface area contributed by atoms with E-state index >= 15 is 0 Å². The van der Waals surface area contributed by atoms with Gasteiger partial charge in [-0.25, -0.2) is 4.98 Å². The van der Waals surface area contributed by atoms with Gasteiger partial charge in [0, 0.05) is 13.1 Å². The number of hydrogen-bond donors (Lipinski definition) is 0. The van der Waals surface area contributed by atoms with E-state index in [2.05, 4.69) is 9.88 Å². The molecule has 2 heterocycles. The van der Waals surface area contributed by atoms with Crippen LogP contribution in [0.3, 0.4) is 0 Å². The average molecular weight is 362 g/mol. The normalized spacial score (nSPS) is 14.2. The second-order valence-corrected chi connectivity index (χ2v) is 6.94. The molecule has 1 aromatic carbocycles. The van der Waals surface area contributed by atoms with E-state index in [9.17, 15) is 4.79 Å². The van der Waals surface area contributed by atoms with Crippen LogP contribution in [0.1, 0.15) is 34.5 Å². The van der Waals surface area contributed by atoms with E-state index in [1.807, 2.05) is 6.07 Å². The molecule has 0 aliphatic carbocycles. The number of halogens is 1. The lowest BCUT2D eigenvalue weighted by atomic mass is 10.1. The molecule has 1 aliphatic rings. The molecule has 0 amide bonds. The molecule has 7 heteroatoms. The van der Waals surface area contributed by atoms with Crippen molar-refractivity contribution in [2.24, 2.45) is 0 Å². The van der Waals surface area contributed by atoms with E-state index in [1.165, 1.54) is 36.7 Å². The number of piperidine rings is 1. The zero-order chi connectivity index (χ0) is 16.9. The molecule has 3 rings (SSSR count). The molecule has 0 saturated carbocycles. The summed E-state index contributed by atoms with van der Waals surface area (Å²) in [6.07, 6.45) is 5.21. The number of benzene rings is 1. The Balaban J connectivity index is 1.61. The minimum Gasteiger partial charge on any atom is -0.484 e. The van der Waals surface area contributed by atoms with Crippen molar-refractivity contribution in [1.82, 2.24) is 4.98 Å². The van der Waals surface area contributed by atoms with Crippen LogP contribution in [0.25, 0.3) is 0 Å². The first-order valence-corrected chi connectivity index (χ1v) is 8.93. The molecule has 0 radical (unpaired) electrons. The Bertz CT molecular complexity index is 778. The number of carbonyl (C=O) groups is 1. The highest BCUT2D eigenvalue weighted by Gasteiger charge is 2.17. The summed E-state index contributed by atoms with van der Waals surface area (Å²) in [5.74, 6) is 0.265. The summed E-state index contributed by atoms with van der Waals surface area (Å²) < 4.78 is 5.48. The van der Waals surface area contributed by atoms with Gasteiger partial charge < -0.3 is 9.64 Å². The molecule has 0 N–H and O–H groups in total. The number of nitriles is 1. The summed E-state index contributed by atoms with van der Waals surface area (Å²) in [5, 5.41) is 10.0. The number of carbonyl (C=O) groups excluding carboxylic acids is 1. The van der Waals surface area contributed by atoms with Gasteiger partial charge in [0.1, 0.15) is 5.75 Å². The summed E-state index contributed by atoms with van der Waals surface area (Å²) in [7, 11) is 0. The van der Waals surface area contributed by atoms with Crippen LogP contribution >= 0.6 is 22.9 Å². The van der Waals surface area contributed by atoms with Crippen LogP contribution < -0.4 is 9.64 Å². The fraction of sp³-hybridized carbons (Fsp3) is 0.353. The first-order valence-electron chi connectivity index (χ1n) is 7.74. The Morgan fingerprint density at radius 3 is 2.88 bits per heavy atom. The maximum Gasteiger partial charge on any atom is 0.211 e. The van der Waals surface area contributed by atoms with Gasteiger partial charge in [0.05, 0.1) is 27.7 Å². The zero-order valence-corrected chi connectivity index (χ0v) is 14.6. The van der Waals surface area contributed by atoms with Gasteiger partial charge in [-0.1, -0.05) is 22.9 Å². The van der Waals surface area contributed by atoms with E-state index in [-0.39, 0.29) is 12.4 Å². The number of aromatic nitrogens is 1. The zero-order valence-electron chi connectivity index (χ0n) is 13.0. The second-order valence-electron chi connectivity index (χ2n) is 5.52. The predicted molar refractivity (Wildman–Crippen MR) is 94.2 cm³/mol. The van der Waals surface area contributed by atoms with Crippen molar-refractivity contribution in [3.8, 4) is 11.8 Å². The molecule has 1 aromatic heterocycles. The van der Waals surface area contributed by atoms with Gasteiger partial charge in [0.15, 0.2) is 11.7 Å². The Kier molecular flexibility index (Phi) is 5.34.